The maximum atomic E-state index is 5.96. The summed E-state index contributed by atoms with van der Waals surface area (Å²) in [6.07, 6.45) is 0.257. The highest BCUT2D eigenvalue weighted by Crippen LogP contribution is 2.15. The summed E-state index contributed by atoms with van der Waals surface area (Å²) >= 11 is 0. The van der Waals surface area contributed by atoms with E-state index < -0.39 is 0 Å². The molecule has 0 fully saturated rings. The number of nitrogens with two attached hydrogens (primary N) is 1. The molecule has 0 saturated carbocycles. The maximum absolute atomic E-state index is 5.96. The Morgan fingerprint density at radius 1 is 1.09 bits per heavy atom. The highest BCUT2D eigenvalue weighted by atomic mass is 16.5. The van der Waals surface area contributed by atoms with Gasteiger partial charge in [-0.25, -0.2) is 0 Å². The van der Waals surface area contributed by atoms with Gasteiger partial charge >= 0.3 is 0 Å². The van der Waals surface area contributed by atoms with E-state index in [1.807, 2.05) is 0 Å². The van der Waals surface area contributed by atoms with E-state index in [1.54, 1.807) is 7.11 Å². The fourth-order valence-corrected chi connectivity index (χ4v) is 1.13. The average Bonchev–Trinajstić information content (AvgIpc) is 2.00. The van der Waals surface area contributed by atoms with Crippen molar-refractivity contribution >= 4 is 0 Å². The summed E-state index contributed by atoms with van der Waals surface area (Å²) in [6.45, 7) is 8.48. The number of hydrogen-bond acceptors (Lipinski definition) is 2. The van der Waals surface area contributed by atoms with Crippen LogP contribution in [0.1, 0.15) is 27.7 Å². The molecule has 0 aromatic carbocycles. The lowest BCUT2D eigenvalue weighted by molar-refractivity contribution is 0.0566. The molecular formula is C9H21NO. The van der Waals surface area contributed by atoms with Crippen molar-refractivity contribution in [2.45, 2.75) is 39.8 Å². The van der Waals surface area contributed by atoms with Gasteiger partial charge in [0.2, 0.25) is 0 Å². The predicted molar refractivity (Wildman–Crippen MR) is 48.4 cm³/mol. The summed E-state index contributed by atoms with van der Waals surface area (Å²) in [5.41, 5.74) is 5.96. The normalized spacial score (nSPS) is 19.9. The van der Waals surface area contributed by atoms with E-state index in [4.69, 9.17) is 10.5 Å². The van der Waals surface area contributed by atoms with Gasteiger partial charge in [0.05, 0.1) is 6.10 Å². The van der Waals surface area contributed by atoms with Crippen LogP contribution in [0.4, 0.5) is 0 Å². The predicted octanol–water partition coefficient (Wildman–Crippen LogP) is 1.64. The van der Waals surface area contributed by atoms with E-state index in [0.29, 0.717) is 11.8 Å². The lowest BCUT2D eigenvalue weighted by Crippen LogP contribution is -2.39. The Hall–Kier alpha value is -0.0800. The van der Waals surface area contributed by atoms with Crippen molar-refractivity contribution < 1.29 is 4.74 Å². The van der Waals surface area contributed by atoms with Crippen LogP contribution in [0, 0.1) is 11.8 Å². The molecular weight excluding hydrogens is 138 g/mol. The summed E-state index contributed by atoms with van der Waals surface area (Å²) < 4.78 is 5.20. The van der Waals surface area contributed by atoms with Crippen LogP contribution in [0.25, 0.3) is 0 Å². The van der Waals surface area contributed by atoms with Gasteiger partial charge in [-0.15, -0.1) is 0 Å². The van der Waals surface area contributed by atoms with Gasteiger partial charge in [-0.2, -0.15) is 0 Å². The first kappa shape index (κ1) is 10.9. The van der Waals surface area contributed by atoms with Gasteiger partial charge in [-0.1, -0.05) is 20.8 Å². The molecule has 0 radical (unpaired) electrons. The van der Waals surface area contributed by atoms with Gasteiger partial charge in [0.15, 0.2) is 0 Å². The number of methoxy groups -OCH3 is 1. The first-order chi connectivity index (χ1) is 5.00. The van der Waals surface area contributed by atoms with Crippen LogP contribution in [-0.4, -0.2) is 19.3 Å². The third-order valence-electron chi connectivity index (χ3n) is 2.49. The molecule has 2 heteroatoms. The molecule has 3 atom stereocenters. The lowest BCUT2D eigenvalue weighted by atomic mass is 9.89. The molecule has 0 aliphatic carbocycles. The molecule has 0 aromatic heterocycles. The molecule has 0 aliphatic rings. The second-order valence-electron chi connectivity index (χ2n) is 3.62. The molecule has 0 spiro atoms. The number of rotatable bonds is 4. The van der Waals surface area contributed by atoms with E-state index in [0.717, 1.165) is 0 Å². The fourth-order valence-electron chi connectivity index (χ4n) is 1.13. The van der Waals surface area contributed by atoms with Crippen molar-refractivity contribution in [1.82, 2.24) is 0 Å². The van der Waals surface area contributed by atoms with Crippen LogP contribution in [0.15, 0.2) is 0 Å². The minimum Gasteiger partial charge on any atom is -0.381 e. The van der Waals surface area contributed by atoms with Crippen LogP contribution in [0.2, 0.25) is 0 Å². The van der Waals surface area contributed by atoms with Gasteiger partial charge in [0.25, 0.3) is 0 Å². The molecule has 0 rings (SSSR count). The second kappa shape index (κ2) is 4.73. The molecule has 3 unspecified atom stereocenters. The van der Waals surface area contributed by atoms with Crippen LogP contribution in [0.5, 0.6) is 0 Å². The van der Waals surface area contributed by atoms with E-state index in [9.17, 15) is 0 Å². The SMILES string of the molecule is COC(C)C(C)C(N)C(C)C. The highest BCUT2D eigenvalue weighted by molar-refractivity contribution is 4.76. The standard InChI is InChI=1S/C9H21NO/c1-6(2)9(10)7(3)8(4)11-5/h6-9H,10H2,1-5H3. The Kier molecular flexibility index (Phi) is 4.69. The zero-order valence-corrected chi connectivity index (χ0v) is 8.29. The minimum absolute atomic E-state index is 0.241. The third-order valence-corrected chi connectivity index (χ3v) is 2.49. The molecule has 0 heterocycles. The Morgan fingerprint density at radius 3 is 1.82 bits per heavy atom. The molecule has 11 heavy (non-hydrogen) atoms. The van der Waals surface area contributed by atoms with Crippen molar-refractivity contribution in [3.63, 3.8) is 0 Å². The maximum Gasteiger partial charge on any atom is 0.0583 e. The van der Waals surface area contributed by atoms with Gasteiger partial charge < -0.3 is 10.5 Å². The summed E-state index contributed by atoms with van der Waals surface area (Å²) in [6, 6.07) is 0.241. The lowest BCUT2D eigenvalue weighted by Gasteiger charge is -2.27. The van der Waals surface area contributed by atoms with E-state index in [2.05, 4.69) is 27.7 Å². The van der Waals surface area contributed by atoms with Crippen LogP contribution in [0.3, 0.4) is 0 Å². The van der Waals surface area contributed by atoms with Gasteiger partial charge in [-0.05, 0) is 18.8 Å². The van der Waals surface area contributed by atoms with E-state index >= 15 is 0 Å². The van der Waals surface area contributed by atoms with Crippen molar-refractivity contribution in [2.24, 2.45) is 17.6 Å². The smallest absolute Gasteiger partial charge is 0.0583 e. The van der Waals surface area contributed by atoms with Crippen molar-refractivity contribution in [3.8, 4) is 0 Å². The van der Waals surface area contributed by atoms with Crippen molar-refractivity contribution in [1.29, 1.82) is 0 Å². The van der Waals surface area contributed by atoms with Gasteiger partial charge in [0, 0.05) is 13.2 Å². The molecule has 2 N–H and O–H groups in total. The summed E-state index contributed by atoms with van der Waals surface area (Å²) in [4.78, 5) is 0. The zero-order chi connectivity index (χ0) is 9.02. The summed E-state index contributed by atoms with van der Waals surface area (Å²) in [7, 11) is 1.73. The Bertz CT molecular complexity index is 104. The molecule has 0 aliphatic heterocycles. The Labute approximate surface area is 70.1 Å². The highest BCUT2D eigenvalue weighted by Gasteiger charge is 2.21. The largest absolute Gasteiger partial charge is 0.381 e. The molecule has 68 valence electrons. The average molecular weight is 159 g/mol. The van der Waals surface area contributed by atoms with Crippen LogP contribution < -0.4 is 5.73 Å². The van der Waals surface area contributed by atoms with Crippen LogP contribution in [-0.2, 0) is 4.74 Å². The summed E-state index contributed by atoms with van der Waals surface area (Å²) in [5.74, 6) is 0.961. The van der Waals surface area contributed by atoms with Gasteiger partial charge in [0.1, 0.15) is 0 Å². The molecule has 2 nitrogen and oxygen atoms in total. The monoisotopic (exact) mass is 159 g/mol. The molecule has 0 saturated heterocycles. The van der Waals surface area contributed by atoms with Crippen LogP contribution >= 0.6 is 0 Å². The first-order valence-corrected chi connectivity index (χ1v) is 4.29. The quantitative estimate of drug-likeness (QED) is 0.677. The molecule has 0 amide bonds. The number of ether oxygens (including phenoxy) is 1. The molecule has 0 aromatic rings. The van der Waals surface area contributed by atoms with E-state index in [1.165, 1.54) is 0 Å². The third kappa shape index (κ3) is 3.21. The second-order valence-corrected chi connectivity index (χ2v) is 3.62. The Balaban J connectivity index is 3.90. The van der Waals surface area contributed by atoms with E-state index in [-0.39, 0.29) is 12.1 Å². The fraction of sp³-hybridized carbons (Fsp3) is 1.00. The Morgan fingerprint density at radius 2 is 1.55 bits per heavy atom. The minimum atomic E-state index is 0.241. The molecule has 0 bridgehead atoms. The summed E-state index contributed by atoms with van der Waals surface area (Å²) in [5, 5.41) is 0. The zero-order valence-electron chi connectivity index (χ0n) is 8.29. The first-order valence-electron chi connectivity index (χ1n) is 4.29. The van der Waals surface area contributed by atoms with Gasteiger partial charge in [-0.3, -0.25) is 0 Å². The van der Waals surface area contributed by atoms with Crippen molar-refractivity contribution in [2.75, 3.05) is 7.11 Å². The number of hydrogen-bond donors (Lipinski definition) is 1. The van der Waals surface area contributed by atoms with Crippen molar-refractivity contribution in [3.05, 3.63) is 0 Å². The topological polar surface area (TPSA) is 35.2 Å².